The third kappa shape index (κ3) is 4.09. The second-order valence-corrected chi connectivity index (χ2v) is 5.25. The third-order valence-corrected chi connectivity index (χ3v) is 3.55. The molecule has 0 spiro atoms. The maximum absolute atomic E-state index is 11.8. The van der Waals surface area contributed by atoms with Crippen LogP contribution in [0.5, 0.6) is 11.5 Å². The van der Waals surface area contributed by atoms with Crippen LogP contribution in [-0.4, -0.2) is 12.6 Å². The van der Waals surface area contributed by atoms with Crippen molar-refractivity contribution in [1.29, 1.82) is 0 Å². The fraction of sp³-hybridized carbons (Fsp3) is 0.278. The Kier molecular flexibility index (Phi) is 4.63. The Morgan fingerprint density at radius 1 is 0.810 bits per heavy atom. The van der Waals surface area contributed by atoms with Crippen LogP contribution in [0.25, 0.3) is 0 Å². The second kappa shape index (κ2) is 6.44. The molecule has 0 saturated heterocycles. The molecule has 0 radical (unpaired) electrons. The van der Waals surface area contributed by atoms with Crippen LogP contribution in [0.3, 0.4) is 0 Å². The van der Waals surface area contributed by atoms with Crippen LogP contribution in [0.2, 0.25) is 0 Å². The summed E-state index contributed by atoms with van der Waals surface area (Å²) < 4.78 is 10.7. The molecule has 3 nitrogen and oxygen atoms in total. The largest absolute Gasteiger partial charge is 0.482 e. The molecule has 0 aliphatic carbocycles. The van der Waals surface area contributed by atoms with Crippen LogP contribution >= 0.6 is 0 Å². The lowest BCUT2D eigenvalue weighted by Crippen LogP contribution is -2.17. The van der Waals surface area contributed by atoms with Gasteiger partial charge in [-0.15, -0.1) is 0 Å². The van der Waals surface area contributed by atoms with E-state index in [9.17, 15) is 4.79 Å². The van der Waals surface area contributed by atoms with Crippen LogP contribution < -0.4 is 9.47 Å². The van der Waals surface area contributed by atoms with Crippen LogP contribution in [-0.2, 0) is 4.79 Å². The van der Waals surface area contributed by atoms with Crippen molar-refractivity contribution in [3.8, 4) is 11.5 Å². The Morgan fingerprint density at radius 2 is 1.33 bits per heavy atom. The van der Waals surface area contributed by atoms with E-state index in [-0.39, 0.29) is 6.61 Å². The van der Waals surface area contributed by atoms with Gasteiger partial charge in [0.15, 0.2) is 6.61 Å². The number of rotatable bonds is 4. The first kappa shape index (κ1) is 15.1. The number of ether oxygens (including phenoxy) is 2. The van der Waals surface area contributed by atoms with E-state index < -0.39 is 5.97 Å². The van der Waals surface area contributed by atoms with Gasteiger partial charge in [-0.1, -0.05) is 12.1 Å². The first-order chi connectivity index (χ1) is 9.95. The smallest absolute Gasteiger partial charge is 0.349 e. The molecule has 0 atom stereocenters. The highest BCUT2D eigenvalue weighted by Gasteiger charge is 2.07. The molecule has 0 aromatic heterocycles. The zero-order chi connectivity index (χ0) is 15.4. The standard InChI is InChI=1S/C18H20O3/c1-12-5-7-16(9-14(12)3)20-11-18(19)21-17-8-6-13(2)15(4)10-17/h5-10H,11H2,1-4H3. The van der Waals surface area contributed by atoms with Gasteiger partial charge in [-0.3, -0.25) is 0 Å². The second-order valence-electron chi connectivity index (χ2n) is 5.25. The molecule has 0 heterocycles. The van der Waals surface area contributed by atoms with Gasteiger partial charge < -0.3 is 9.47 Å². The van der Waals surface area contributed by atoms with Gasteiger partial charge in [-0.05, 0) is 74.2 Å². The monoisotopic (exact) mass is 284 g/mol. The quantitative estimate of drug-likeness (QED) is 0.631. The lowest BCUT2D eigenvalue weighted by atomic mass is 10.1. The van der Waals surface area contributed by atoms with Gasteiger partial charge in [0, 0.05) is 0 Å². The average Bonchev–Trinajstić information content (AvgIpc) is 2.44. The summed E-state index contributed by atoms with van der Waals surface area (Å²) in [4.78, 5) is 11.8. The molecule has 0 saturated carbocycles. The molecule has 2 aromatic carbocycles. The lowest BCUT2D eigenvalue weighted by Gasteiger charge is -2.09. The summed E-state index contributed by atoms with van der Waals surface area (Å²) in [5.74, 6) is 0.818. The maximum Gasteiger partial charge on any atom is 0.349 e. The maximum atomic E-state index is 11.8. The number of carbonyl (C=O) groups excluding carboxylic acids is 1. The van der Waals surface area contributed by atoms with Crippen LogP contribution in [0, 0.1) is 27.7 Å². The molecule has 2 rings (SSSR count). The number of carbonyl (C=O) groups is 1. The van der Waals surface area contributed by atoms with E-state index >= 15 is 0 Å². The van der Waals surface area contributed by atoms with Gasteiger partial charge in [0.05, 0.1) is 0 Å². The normalized spacial score (nSPS) is 10.3. The summed E-state index contributed by atoms with van der Waals surface area (Å²) in [5.41, 5.74) is 4.59. The highest BCUT2D eigenvalue weighted by Crippen LogP contribution is 2.18. The van der Waals surface area contributed by atoms with Crippen molar-refractivity contribution in [1.82, 2.24) is 0 Å². The Balaban J connectivity index is 1.92. The van der Waals surface area contributed by atoms with Gasteiger partial charge in [-0.25, -0.2) is 4.79 Å². The van der Waals surface area contributed by atoms with E-state index in [2.05, 4.69) is 0 Å². The fourth-order valence-electron chi connectivity index (χ4n) is 1.88. The summed E-state index contributed by atoms with van der Waals surface area (Å²) in [6.45, 7) is 7.94. The van der Waals surface area contributed by atoms with Gasteiger partial charge in [0.1, 0.15) is 11.5 Å². The molecule has 0 amide bonds. The zero-order valence-electron chi connectivity index (χ0n) is 12.9. The van der Waals surface area contributed by atoms with Gasteiger partial charge >= 0.3 is 5.97 Å². The molecular formula is C18H20O3. The molecule has 0 N–H and O–H groups in total. The molecule has 110 valence electrons. The number of esters is 1. The summed E-state index contributed by atoms with van der Waals surface area (Å²) in [5, 5.41) is 0. The first-order valence-electron chi connectivity index (χ1n) is 6.93. The molecule has 0 aliphatic rings. The summed E-state index contributed by atoms with van der Waals surface area (Å²) in [6, 6.07) is 11.3. The lowest BCUT2D eigenvalue weighted by molar-refractivity contribution is -0.136. The highest BCUT2D eigenvalue weighted by atomic mass is 16.6. The minimum atomic E-state index is -0.406. The summed E-state index contributed by atoms with van der Waals surface area (Å²) >= 11 is 0. The Morgan fingerprint density at radius 3 is 1.90 bits per heavy atom. The number of benzene rings is 2. The topological polar surface area (TPSA) is 35.5 Å². The van der Waals surface area contributed by atoms with Crippen molar-refractivity contribution < 1.29 is 14.3 Å². The summed E-state index contributed by atoms with van der Waals surface area (Å²) in [7, 11) is 0. The van der Waals surface area contributed by atoms with E-state index in [0.717, 1.165) is 11.1 Å². The van der Waals surface area contributed by atoms with E-state index in [1.165, 1.54) is 11.1 Å². The number of aryl methyl sites for hydroxylation is 4. The molecule has 0 unspecified atom stereocenters. The van der Waals surface area contributed by atoms with Crippen LogP contribution in [0.1, 0.15) is 22.3 Å². The fourth-order valence-corrected chi connectivity index (χ4v) is 1.88. The molecule has 0 aliphatic heterocycles. The predicted octanol–water partition coefficient (Wildman–Crippen LogP) is 3.90. The van der Waals surface area contributed by atoms with Gasteiger partial charge in [0.2, 0.25) is 0 Å². The van der Waals surface area contributed by atoms with Crippen LogP contribution in [0.4, 0.5) is 0 Å². The minimum absolute atomic E-state index is 0.102. The van der Waals surface area contributed by atoms with E-state index in [0.29, 0.717) is 11.5 Å². The van der Waals surface area contributed by atoms with Crippen LogP contribution in [0.15, 0.2) is 36.4 Å². The average molecular weight is 284 g/mol. The van der Waals surface area contributed by atoms with Gasteiger partial charge in [0.25, 0.3) is 0 Å². The molecule has 21 heavy (non-hydrogen) atoms. The predicted molar refractivity (Wildman–Crippen MR) is 83.0 cm³/mol. The molecule has 0 fully saturated rings. The SMILES string of the molecule is Cc1ccc(OCC(=O)Oc2ccc(C)c(C)c2)cc1C. The highest BCUT2D eigenvalue weighted by molar-refractivity contribution is 5.74. The first-order valence-corrected chi connectivity index (χ1v) is 6.93. The zero-order valence-corrected chi connectivity index (χ0v) is 12.9. The molecule has 3 heteroatoms. The molecular weight excluding hydrogens is 264 g/mol. The Hall–Kier alpha value is -2.29. The van der Waals surface area contributed by atoms with Crippen molar-refractivity contribution in [3.63, 3.8) is 0 Å². The number of hydrogen-bond donors (Lipinski definition) is 0. The number of hydrogen-bond acceptors (Lipinski definition) is 3. The van der Waals surface area contributed by atoms with Crippen molar-refractivity contribution in [3.05, 3.63) is 58.7 Å². The summed E-state index contributed by atoms with van der Waals surface area (Å²) in [6.07, 6.45) is 0. The molecule has 0 bridgehead atoms. The van der Waals surface area contributed by atoms with Crippen molar-refractivity contribution in [2.45, 2.75) is 27.7 Å². The minimum Gasteiger partial charge on any atom is -0.482 e. The Bertz CT molecular complexity index is 660. The Labute approximate surface area is 125 Å². The third-order valence-electron chi connectivity index (χ3n) is 3.55. The van der Waals surface area contributed by atoms with Crippen molar-refractivity contribution in [2.75, 3.05) is 6.61 Å². The van der Waals surface area contributed by atoms with E-state index in [1.54, 1.807) is 6.07 Å². The molecule has 2 aromatic rings. The van der Waals surface area contributed by atoms with E-state index in [4.69, 9.17) is 9.47 Å². The van der Waals surface area contributed by atoms with E-state index in [1.807, 2.05) is 58.0 Å². The van der Waals surface area contributed by atoms with Crippen molar-refractivity contribution >= 4 is 5.97 Å². The van der Waals surface area contributed by atoms with Gasteiger partial charge in [-0.2, -0.15) is 0 Å². The van der Waals surface area contributed by atoms with Crippen molar-refractivity contribution in [2.24, 2.45) is 0 Å².